The Hall–Kier alpha value is -5.58. The molecule has 0 unspecified atom stereocenters. The van der Waals surface area contributed by atoms with E-state index >= 15 is 0 Å². The van der Waals surface area contributed by atoms with Crippen LogP contribution >= 0.6 is 0 Å². The molecule has 0 atom stereocenters. The summed E-state index contributed by atoms with van der Waals surface area (Å²) in [5, 5.41) is 21.9. The van der Waals surface area contributed by atoms with Crippen molar-refractivity contribution in [2.75, 3.05) is 0 Å². The highest BCUT2D eigenvalue weighted by atomic mass is 16.6. The van der Waals surface area contributed by atoms with Crippen molar-refractivity contribution in [1.82, 2.24) is 9.97 Å². The van der Waals surface area contributed by atoms with E-state index in [0.717, 1.165) is 0 Å². The van der Waals surface area contributed by atoms with Crippen molar-refractivity contribution in [1.29, 1.82) is 0 Å². The predicted molar refractivity (Wildman–Crippen MR) is 132 cm³/mol. The van der Waals surface area contributed by atoms with E-state index in [2.05, 4.69) is 9.97 Å². The van der Waals surface area contributed by atoms with Gasteiger partial charge in [0.2, 0.25) is 11.8 Å². The zero-order chi connectivity index (χ0) is 25.5. The molecule has 0 spiro atoms. The minimum atomic E-state index is -0.485. The van der Waals surface area contributed by atoms with E-state index in [4.69, 9.17) is 13.6 Å². The molecular formula is C26H14N4O7. The van der Waals surface area contributed by atoms with Crippen LogP contribution in [0.15, 0.2) is 93.8 Å². The van der Waals surface area contributed by atoms with Crippen LogP contribution in [-0.2, 0) is 0 Å². The van der Waals surface area contributed by atoms with Gasteiger partial charge in [-0.2, -0.15) is 0 Å². The Balaban J connectivity index is 1.18. The van der Waals surface area contributed by atoms with Gasteiger partial charge in [0.05, 0.1) is 22.0 Å². The van der Waals surface area contributed by atoms with Gasteiger partial charge in [-0.05, 0) is 60.7 Å². The number of ether oxygens (including phenoxy) is 1. The zero-order valence-corrected chi connectivity index (χ0v) is 18.7. The maximum atomic E-state index is 11.0. The van der Waals surface area contributed by atoms with E-state index in [9.17, 15) is 20.2 Å². The molecule has 6 aromatic rings. The normalized spacial score (nSPS) is 11.1. The first-order valence-corrected chi connectivity index (χ1v) is 10.9. The average Bonchev–Trinajstić information content (AvgIpc) is 3.53. The summed E-state index contributed by atoms with van der Waals surface area (Å²) in [5.74, 6) is 1.85. The second kappa shape index (κ2) is 8.57. The predicted octanol–water partition coefficient (Wildman–Crippen LogP) is 6.91. The molecule has 4 aromatic carbocycles. The fraction of sp³-hybridized carbons (Fsp3) is 0. The van der Waals surface area contributed by atoms with E-state index in [0.29, 0.717) is 56.6 Å². The first kappa shape index (κ1) is 21.9. The Kier molecular flexibility index (Phi) is 5.08. The van der Waals surface area contributed by atoms with Crippen LogP contribution in [0, 0.1) is 20.2 Å². The van der Waals surface area contributed by atoms with Gasteiger partial charge in [-0.25, -0.2) is 9.97 Å². The standard InChI is InChI=1S/C26H14N4O7/c31-29(32)17-5-11-21-23(13-17)36-25(27-21)15-1-7-19(8-2-15)35-20-9-3-16(4-10-20)26-28-22-12-6-18(30(33)34)14-24(22)37-26/h1-14H. The fourth-order valence-corrected chi connectivity index (χ4v) is 3.77. The van der Waals surface area contributed by atoms with Crippen molar-refractivity contribution in [3.63, 3.8) is 0 Å². The van der Waals surface area contributed by atoms with Gasteiger partial charge in [-0.15, -0.1) is 0 Å². The lowest BCUT2D eigenvalue weighted by Gasteiger charge is -2.06. The number of nitrogens with zero attached hydrogens (tertiary/aromatic N) is 4. The van der Waals surface area contributed by atoms with E-state index in [1.54, 1.807) is 60.7 Å². The molecule has 0 N–H and O–H groups in total. The molecule has 6 rings (SSSR count). The van der Waals surface area contributed by atoms with Crippen LogP contribution in [-0.4, -0.2) is 19.8 Å². The second-order valence-electron chi connectivity index (χ2n) is 8.01. The number of benzene rings is 4. The molecule has 0 saturated carbocycles. The lowest BCUT2D eigenvalue weighted by molar-refractivity contribution is -0.384. The summed E-state index contributed by atoms with van der Waals surface area (Å²) in [6.07, 6.45) is 0. The molecule has 11 nitrogen and oxygen atoms in total. The van der Waals surface area contributed by atoms with Crippen LogP contribution in [0.1, 0.15) is 0 Å². The molecule has 2 aromatic heterocycles. The largest absolute Gasteiger partial charge is 0.457 e. The Labute approximate surface area is 206 Å². The van der Waals surface area contributed by atoms with Gasteiger partial charge in [0.15, 0.2) is 11.2 Å². The molecule has 0 aliphatic heterocycles. The van der Waals surface area contributed by atoms with Crippen LogP contribution in [0.3, 0.4) is 0 Å². The van der Waals surface area contributed by atoms with Crippen molar-refractivity contribution in [2.45, 2.75) is 0 Å². The summed E-state index contributed by atoms with van der Waals surface area (Å²) >= 11 is 0. The van der Waals surface area contributed by atoms with Gasteiger partial charge in [0, 0.05) is 23.3 Å². The van der Waals surface area contributed by atoms with Gasteiger partial charge in [-0.1, -0.05) is 0 Å². The molecule has 0 fully saturated rings. The van der Waals surface area contributed by atoms with Crippen LogP contribution in [0.5, 0.6) is 11.5 Å². The zero-order valence-electron chi connectivity index (χ0n) is 18.7. The minimum Gasteiger partial charge on any atom is -0.457 e. The highest BCUT2D eigenvalue weighted by Gasteiger charge is 2.14. The topological polar surface area (TPSA) is 148 Å². The first-order valence-electron chi connectivity index (χ1n) is 10.9. The van der Waals surface area contributed by atoms with Gasteiger partial charge in [-0.3, -0.25) is 20.2 Å². The molecular weight excluding hydrogens is 480 g/mol. The molecule has 37 heavy (non-hydrogen) atoms. The molecule has 0 saturated heterocycles. The van der Waals surface area contributed by atoms with Gasteiger partial charge in [0.1, 0.15) is 22.5 Å². The number of hydrogen-bond acceptors (Lipinski definition) is 9. The molecule has 0 amide bonds. The molecule has 11 heteroatoms. The highest BCUT2D eigenvalue weighted by molar-refractivity contribution is 5.79. The summed E-state index contributed by atoms with van der Waals surface area (Å²) < 4.78 is 17.3. The smallest absolute Gasteiger partial charge is 0.273 e. The third-order valence-corrected chi connectivity index (χ3v) is 5.60. The summed E-state index contributed by atoms with van der Waals surface area (Å²) in [7, 11) is 0. The molecule has 0 aliphatic rings. The molecule has 0 radical (unpaired) electrons. The molecule has 2 heterocycles. The first-order chi connectivity index (χ1) is 17.9. The Morgan fingerprint density at radius 2 is 1.00 bits per heavy atom. The lowest BCUT2D eigenvalue weighted by atomic mass is 10.2. The number of aromatic nitrogens is 2. The maximum Gasteiger partial charge on any atom is 0.273 e. The fourth-order valence-electron chi connectivity index (χ4n) is 3.77. The van der Waals surface area contributed by atoms with Crippen LogP contribution in [0.25, 0.3) is 45.1 Å². The summed E-state index contributed by atoms with van der Waals surface area (Å²) in [6.45, 7) is 0. The number of rotatable bonds is 6. The number of nitro benzene ring substituents is 2. The van der Waals surface area contributed by atoms with Gasteiger partial charge >= 0.3 is 0 Å². The number of hydrogen-bond donors (Lipinski definition) is 0. The number of fused-ring (bicyclic) bond motifs is 2. The van der Waals surface area contributed by atoms with Crippen molar-refractivity contribution in [3.05, 3.63) is 105 Å². The van der Waals surface area contributed by atoms with Crippen LogP contribution < -0.4 is 4.74 Å². The number of nitro groups is 2. The number of oxazole rings is 2. The average molecular weight is 494 g/mol. The lowest BCUT2D eigenvalue weighted by Crippen LogP contribution is -1.86. The second-order valence-corrected chi connectivity index (χ2v) is 8.01. The Morgan fingerprint density at radius 3 is 1.38 bits per heavy atom. The summed E-state index contributed by atoms with van der Waals surface area (Å²) in [5.41, 5.74) is 2.98. The molecule has 180 valence electrons. The molecule has 0 bridgehead atoms. The highest BCUT2D eigenvalue weighted by Crippen LogP contribution is 2.31. The summed E-state index contributed by atoms with van der Waals surface area (Å²) in [4.78, 5) is 29.7. The van der Waals surface area contributed by atoms with E-state index in [-0.39, 0.29) is 11.4 Å². The SMILES string of the molecule is O=[N+]([O-])c1ccc2nc(-c3ccc(Oc4ccc(-c5nc6ccc([N+](=O)[O-])cc6o5)cc4)cc3)oc2c1. The quantitative estimate of drug-likeness (QED) is 0.178. The third kappa shape index (κ3) is 4.21. The van der Waals surface area contributed by atoms with Gasteiger partial charge < -0.3 is 13.6 Å². The van der Waals surface area contributed by atoms with E-state index < -0.39 is 9.85 Å². The van der Waals surface area contributed by atoms with Crippen LogP contribution in [0.4, 0.5) is 11.4 Å². The van der Waals surface area contributed by atoms with Crippen molar-refractivity contribution >= 4 is 33.6 Å². The summed E-state index contributed by atoms with van der Waals surface area (Å²) in [6, 6.07) is 22.7. The van der Waals surface area contributed by atoms with Crippen molar-refractivity contribution in [2.24, 2.45) is 0 Å². The van der Waals surface area contributed by atoms with Crippen molar-refractivity contribution < 1.29 is 23.4 Å². The molecule has 0 aliphatic carbocycles. The number of non-ortho nitro benzene ring substituents is 2. The third-order valence-electron chi connectivity index (χ3n) is 5.60. The minimum absolute atomic E-state index is 0.0648. The van der Waals surface area contributed by atoms with Crippen molar-refractivity contribution in [3.8, 4) is 34.4 Å². The van der Waals surface area contributed by atoms with Crippen LogP contribution in [0.2, 0.25) is 0 Å². The monoisotopic (exact) mass is 494 g/mol. The Morgan fingerprint density at radius 1 is 0.595 bits per heavy atom. The van der Waals surface area contributed by atoms with E-state index in [1.165, 1.54) is 24.3 Å². The Bertz CT molecular complexity index is 1670. The van der Waals surface area contributed by atoms with Gasteiger partial charge in [0.25, 0.3) is 11.4 Å². The maximum absolute atomic E-state index is 11.0. The van der Waals surface area contributed by atoms with E-state index in [1.807, 2.05) is 0 Å².